The zero-order chi connectivity index (χ0) is 17.6. The normalized spacial score (nSPS) is 10.2. The third-order valence-electron chi connectivity index (χ3n) is 3.66. The van der Waals surface area contributed by atoms with Crippen LogP contribution in [0.3, 0.4) is 0 Å². The van der Waals surface area contributed by atoms with Crippen LogP contribution in [0.1, 0.15) is 10.4 Å². The fraction of sp³-hybridized carbons (Fsp3) is 0.0500. The molecule has 3 aromatic carbocycles. The molecule has 0 saturated heterocycles. The third-order valence-corrected chi connectivity index (χ3v) is 3.99. The number of ether oxygens (including phenoxy) is 1. The van der Waals surface area contributed by atoms with Crippen LogP contribution in [0.5, 0.6) is 5.75 Å². The number of hydrogen-bond acceptors (Lipinski definition) is 3. The number of benzene rings is 3. The molecule has 3 rings (SSSR count). The Bertz CT molecular complexity index is 879. The summed E-state index contributed by atoms with van der Waals surface area (Å²) in [6.07, 6.45) is 0. The summed E-state index contributed by atoms with van der Waals surface area (Å²) in [5.41, 5.74) is 2.67. The lowest BCUT2D eigenvalue weighted by Gasteiger charge is -2.13. The quantitative estimate of drug-likeness (QED) is 0.651. The molecule has 25 heavy (non-hydrogen) atoms. The lowest BCUT2D eigenvalue weighted by Crippen LogP contribution is -2.14. The summed E-state index contributed by atoms with van der Waals surface area (Å²) in [7, 11) is 1.62. The van der Waals surface area contributed by atoms with Crippen LogP contribution in [0.25, 0.3) is 0 Å². The molecule has 0 aromatic heterocycles. The molecule has 0 heterocycles. The van der Waals surface area contributed by atoms with E-state index in [4.69, 9.17) is 16.3 Å². The van der Waals surface area contributed by atoms with E-state index in [1.807, 2.05) is 54.6 Å². The molecular weight excluding hydrogens is 336 g/mol. The van der Waals surface area contributed by atoms with Crippen LogP contribution in [0.15, 0.2) is 72.8 Å². The molecule has 1 amide bonds. The van der Waals surface area contributed by atoms with Crippen molar-refractivity contribution in [3.8, 4) is 5.75 Å². The van der Waals surface area contributed by atoms with Crippen LogP contribution in [0.4, 0.5) is 17.1 Å². The van der Waals surface area contributed by atoms with E-state index in [9.17, 15) is 4.79 Å². The van der Waals surface area contributed by atoms with Gasteiger partial charge in [0.1, 0.15) is 5.75 Å². The molecular formula is C20H17ClN2O2. The van der Waals surface area contributed by atoms with E-state index in [0.29, 0.717) is 22.0 Å². The number of anilines is 3. The van der Waals surface area contributed by atoms with Gasteiger partial charge in [-0.25, -0.2) is 0 Å². The van der Waals surface area contributed by atoms with E-state index in [1.165, 1.54) is 0 Å². The number of amides is 1. The number of carbonyl (C=O) groups is 1. The smallest absolute Gasteiger partial charge is 0.257 e. The highest BCUT2D eigenvalue weighted by atomic mass is 35.5. The van der Waals surface area contributed by atoms with Gasteiger partial charge in [0.05, 0.1) is 29.1 Å². The Morgan fingerprint density at radius 1 is 0.880 bits per heavy atom. The second-order valence-corrected chi connectivity index (χ2v) is 5.74. The molecule has 0 spiro atoms. The molecule has 3 aromatic rings. The van der Waals surface area contributed by atoms with Crippen molar-refractivity contribution in [2.45, 2.75) is 0 Å². The van der Waals surface area contributed by atoms with Gasteiger partial charge in [-0.1, -0.05) is 35.9 Å². The van der Waals surface area contributed by atoms with Crippen LogP contribution in [0.2, 0.25) is 5.02 Å². The fourth-order valence-corrected chi connectivity index (χ4v) is 2.56. The fourth-order valence-electron chi connectivity index (χ4n) is 2.37. The third kappa shape index (κ3) is 4.11. The van der Waals surface area contributed by atoms with Crippen LogP contribution >= 0.6 is 11.6 Å². The highest BCUT2D eigenvalue weighted by Gasteiger charge is 2.12. The van der Waals surface area contributed by atoms with Crippen LogP contribution in [-0.2, 0) is 0 Å². The first-order valence-electron chi connectivity index (χ1n) is 7.73. The summed E-state index contributed by atoms with van der Waals surface area (Å²) in [5.74, 6) is 0.542. The molecule has 0 fully saturated rings. The Kier molecular flexibility index (Phi) is 5.21. The number of carbonyl (C=O) groups excluding carboxylic acids is 1. The van der Waals surface area contributed by atoms with Crippen LogP contribution in [-0.4, -0.2) is 13.0 Å². The summed E-state index contributed by atoms with van der Waals surface area (Å²) in [6, 6.07) is 21.9. The van der Waals surface area contributed by atoms with Crippen molar-refractivity contribution in [3.05, 3.63) is 83.4 Å². The molecule has 0 aliphatic heterocycles. The number of rotatable bonds is 5. The second-order valence-electron chi connectivity index (χ2n) is 5.33. The highest BCUT2D eigenvalue weighted by molar-refractivity contribution is 6.34. The number of nitrogens with one attached hydrogen (secondary N) is 2. The van der Waals surface area contributed by atoms with E-state index in [0.717, 1.165) is 11.4 Å². The maximum absolute atomic E-state index is 12.6. The number of hydrogen-bond donors (Lipinski definition) is 2. The molecule has 0 bridgehead atoms. The predicted octanol–water partition coefficient (Wildman–Crippen LogP) is 5.34. The first-order chi connectivity index (χ1) is 12.2. The average molecular weight is 353 g/mol. The van der Waals surface area contributed by atoms with E-state index in [-0.39, 0.29) is 5.91 Å². The van der Waals surface area contributed by atoms with Crippen molar-refractivity contribution < 1.29 is 9.53 Å². The molecule has 0 atom stereocenters. The molecule has 0 saturated carbocycles. The lowest BCUT2D eigenvalue weighted by molar-refractivity contribution is 0.102. The van der Waals surface area contributed by atoms with E-state index >= 15 is 0 Å². The van der Waals surface area contributed by atoms with Crippen LogP contribution < -0.4 is 15.4 Å². The van der Waals surface area contributed by atoms with Gasteiger partial charge < -0.3 is 15.4 Å². The topological polar surface area (TPSA) is 50.4 Å². The number of halogens is 1. The minimum Gasteiger partial charge on any atom is -0.497 e. The van der Waals surface area contributed by atoms with Crippen molar-refractivity contribution in [2.75, 3.05) is 17.7 Å². The van der Waals surface area contributed by atoms with Crippen molar-refractivity contribution in [3.63, 3.8) is 0 Å². The van der Waals surface area contributed by atoms with Gasteiger partial charge in [-0.2, -0.15) is 0 Å². The Morgan fingerprint density at radius 2 is 1.52 bits per heavy atom. The van der Waals surface area contributed by atoms with Crippen molar-refractivity contribution in [2.24, 2.45) is 0 Å². The molecule has 0 aliphatic carbocycles. The lowest BCUT2D eigenvalue weighted by atomic mass is 10.1. The number of methoxy groups -OCH3 is 1. The van der Waals surface area contributed by atoms with Gasteiger partial charge in [-0.15, -0.1) is 0 Å². The van der Waals surface area contributed by atoms with E-state index in [2.05, 4.69) is 10.6 Å². The molecule has 0 radical (unpaired) electrons. The Labute approximate surface area is 151 Å². The maximum atomic E-state index is 12.6. The minimum atomic E-state index is -0.232. The summed E-state index contributed by atoms with van der Waals surface area (Å²) >= 11 is 6.11. The van der Waals surface area contributed by atoms with E-state index < -0.39 is 0 Å². The Morgan fingerprint density at radius 3 is 2.20 bits per heavy atom. The second kappa shape index (κ2) is 7.73. The van der Waals surface area contributed by atoms with Gasteiger partial charge in [0.25, 0.3) is 5.91 Å². The molecule has 0 unspecified atom stereocenters. The van der Waals surface area contributed by atoms with Gasteiger partial charge in [0.15, 0.2) is 0 Å². The predicted molar refractivity (Wildman–Crippen MR) is 102 cm³/mol. The molecule has 4 nitrogen and oxygen atoms in total. The van der Waals surface area contributed by atoms with Gasteiger partial charge in [0.2, 0.25) is 0 Å². The largest absolute Gasteiger partial charge is 0.497 e. The zero-order valence-corrected chi connectivity index (χ0v) is 14.4. The minimum absolute atomic E-state index is 0.232. The van der Waals surface area contributed by atoms with Crippen molar-refractivity contribution in [1.29, 1.82) is 0 Å². The summed E-state index contributed by atoms with van der Waals surface area (Å²) in [6.45, 7) is 0. The monoisotopic (exact) mass is 352 g/mol. The van der Waals surface area contributed by atoms with Gasteiger partial charge in [0, 0.05) is 5.69 Å². The zero-order valence-electron chi connectivity index (χ0n) is 13.6. The molecule has 126 valence electrons. The molecule has 0 aliphatic rings. The van der Waals surface area contributed by atoms with Gasteiger partial charge in [-0.3, -0.25) is 4.79 Å². The SMILES string of the molecule is COc1ccc(Nc2ccccc2C(=O)Nc2ccccc2Cl)cc1. The van der Waals surface area contributed by atoms with Crippen LogP contribution in [0, 0.1) is 0 Å². The summed E-state index contributed by atoms with van der Waals surface area (Å²) in [4.78, 5) is 12.6. The van der Waals surface area contributed by atoms with Gasteiger partial charge >= 0.3 is 0 Å². The molecule has 5 heteroatoms. The molecule has 2 N–H and O–H groups in total. The number of para-hydroxylation sites is 2. The van der Waals surface area contributed by atoms with E-state index in [1.54, 1.807) is 25.3 Å². The highest BCUT2D eigenvalue weighted by Crippen LogP contribution is 2.25. The summed E-state index contributed by atoms with van der Waals surface area (Å²) < 4.78 is 5.15. The van der Waals surface area contributed by atoms with Gasteiger partial charge in [-0.05, 0) is 48.5 Å². The van der Waals surface area contributed by atoms with Crippen molar-refractivity contribution in [1.82, 2.24) is 0 Å². The first kappa shape index (κ1) is 16.9. The first-order valence-corrected chi connectivity index (χ1v) is 8.11. The Balaban J connectivity index is 1.82. The standard InChI is InChI=1S/C20H17ClN2O2/c1-25-15-12-10-14(11-13-15)22-18-8-4-2-6-16(18)20(24)23-19-9-5-3-7-17(19)21/h2-13,22H,1H3,(H,23,24). The summed E-state index contributed by atoms with van der Waals surface area (Å²) in [5, 5.41) is 6.59. The van der Waals surface area contributed by atoms with Crippen molar-refractivity contribution >= 4 is 34.6 Å². The Hall–Kier alpha value is -2.98. The maximum Gasteiger partial charge on any atom is 0.257 e. The average Bonchev–Trinajstić information content (AvgIpc) is 2.64.